The molecule has 0 atom stereocenters. The fraction of sp³-hybridized carbons (Fsp3) is 0.588. The predicted molar refractivity (Wildman–Crippen MR) is 86.7 cm³/mol. The van der Waals surface area contributed by atoms with Crippen molar-refractivity contribution in [1.82, 2.24) is 0 Å². The molecule has 2 N–H and O–H groups in total. The quantitative estimate of drug-likeness (QED) is 0.666. The molecular weight excluding hydrogens is 264 g/mol. The molecule has 0 bridgehead atoms. The van der Waals surface area contributed by atoms with Crippen molar-refractivity contribution in [3.05, 3.63) is 23.8 Å². The Morgan fingerprint density at radius 3 is 2.71 bits per heavy atom. The summed E-state index contributed by atoms with van der Waals surface area (Å²) in [6.45, 7) is 3.17. The molecule has 0 unspecified atom stereocenters. The van der Waals surface area contributed by atoms with E-state index in [0.29, 0.717) is 17.9 Å². The zero-order chi connectivity index (χ0) is 15.2. The number of hydrogen-bond acceptors (Lipinski definition) is 4. The summed E-state index contributed by atoms with van der Waals surface area (Å²) in [6.07, 6.45) is 6.58. The smallest absolute Gasteiger partial charge is 0.340 e. The first kappa shape index (κ1) is 15.7. The maximum Gasteiger partial charge on any atom is 0.340 e. The molecule has 1 aliphatic carbocycles. The number of nitrogen functional groups attached to an aromatic ring is 1. The highest BCUT2D eigenvalue weighted by Crippen LogP contribution is 2.28. The van der Waals surface area contributed by atoms with Gasteiger partial charge in [-0.1, -0.05) is 19.3 Å². The molecule has 116 valence electrons. The van der Waals surface area contributed by atoms with Crippen LogP contribution in [-0.4, -0.2) is 26.2 Å². The molecule has 0 aromatic heterocycles. The van der Waals surface area contributed by atoms with Gasteiger partial charge in [-0.15, -0.1) is 0 Å². The maximum atomic E-state index is 12.1. The van der Waals surface area contributed by atoms with E-state index in [1.807, 2.05) is 26.1 Å². The Morgan fingerprint density at radius 2 is 2.05 bits per heavy atom. The van der Waals surface area contributed by atoms with Crippen molar-refractivity contribution < 1.29 is 9.53 Å². The number of ether oxygens (including phenoxy) is 1. The molecule has 0 aliphatic heterocycles. The van der Waals surface area contributed by atoms with Gasteiger partial charge in [0.05, 0.1) is 17.9 Å². The SMILES string of the molecule is CCOC(=O)c1cc(N)ccc1N(C)CC1CCCCC1. The highest BCUT2D eigenvalue weighted by molar-refractivity contribution is 5.97. The lowest BCUT2D eigenvalue weighted by atomic mass is 9.89. The molecule has 4 heteroatoms. The first-order valence-electron chi connectivity index (χ1n) is 7.89. The van der Waals surface area contributed by atoms with Gasteiger partial charge in [0.25, 0.3) is 0 Å². The predicted octanol–water partition coefficient (Wildman–Crippen LogP) is 3.46. The van der Waals surface area contributed by atoms with Gasteiger partial charge < -0.3 is 15.4 Å². The number of nitrogens with two attached hydrogens (primary N) is 1. The monoisotopic (exact) mass is 290 g/mol. The van der Waals surface area contributed by atoms with Crippen LogP contribution in [0.25, 0.3) is 0 Å². The number of carbonyl (C=O) groups excluding carboxylic acids is 1. The molecular formula is C17H26N2O2. The normalized spacial score (nSPS) is 15.7. The van der Waals surface area contributed by atoms with Crippen LogP contribution in [0.15, 0.2) is 18.2 Å². The first-order chi connectivity index (χ1) is 10.1. The second-order valence-corrected chi connectivity index (χ2v) is 5.88. The van der Waals surface area contributed by atoms with Crippen molar-refractivity contribution in [3.8, 4) is 0 Å². The van der Waals surface area contributed by atoms with Crippen molar-refractivity contribution in [3.63, 3.8) is 0 Å². The van der Waals surface area contributed by atoms with Gasteiger partial charge in [0.1, 0.15) is 0 Å². The fourth-order valence-corrected chi connectivity index (χ4v) is 3.11. The number of nitrogens with zero attached hydrogens (tertiary/aromatic N) is 1. The summed E-state index contributed by atoms with van der Waals surface area (Å²) < 4.78 is 5.14. The van der Waals surface area contributed by atoms with Gasteiger partial charge in [0.15, 0.2) is 0 Å². The molecule has 21 heavy (non-hydrogen) atoms. The summed E-state index contributed by atoms with van der Waals surface area (Å²) in [7, 11) is 2.04. The lowest BCUT2D eigenvalue weighted by Crippen LogP contribution is -2.28. The highest BCUT2D eigenvalue weighted by atomic mass is 16.5. The summed E-state index contributed by atoms with van der Waals surface area (Å²) >= 11 is 0. The van der Waals surface area contributed by atoms with Gasteiger partial charge in [-0.05, 0) is 43.9 Å². The minimum Gasteiger partial charge on any atom is -0.462 e. The Labute approximate surface area is 127 Å². The first-order valence-corrected chi connectivity index (χ1v) is 7.89. The fourth-order valence-electron chi connectivity index (χ4n) is 3.11. The Morgan fingerprint density at radius 1 is 1.33 bits per heavy atom. The van der Waals surface area contributed by atoms with Crippen LogP contribution in [0.3, 0.4) is 0 Å². The number of rotatable bonds is 5. The second kappa shape index (κ2) is 7.34. The molecule has 0 radical (unpaired) electrons. The second-order valence-electron chi connectivity index (χ2n) is 5.88. The molecule has 1 fully saturated rings. The van der Waals surface area contributed by atoms with Crippen LogP contribution in [0.1, 0.15) is 49.4 Å². The van der Waals surface area contributed by atoms with Crippen molar-refractivity contribution in [2.75, 3.05) is 30.8 Å². The van der Waals surface area contributed by atoms with E-state index in [2.05, 4.69) is 4.90 Å². The summed E-state index contributed by atoms with van der Waals surface area (Å²) in [4.78, 5) is 14.3. The van der Waals surface area contributed by atoms with Gasteiger partial charge in [-0.2, -0.15) is 0 Å². The summed E-state index contributed by atoms with van der Waals surface area (Å²) in [5, 5.41) is 0. The molecule has 0 saturated heterocycles. The van der Waals surface area contributed by atoms with Crippen LogP contribution in [0.5, 0.6) is 0 Å². The van der Waals surface area contributed by atoms with Crippen LogP contribution in [0, 0.1) is 5.92 Å². The van der Waals surface area contributed by atoms with E-state index in [1.54, 1.807) is 6.07 Å². The maximum absolute atomic E-state index is 12.1. The van der Waals surface area contributed by atoms with E-state index in [9.17, 15) is 4.79 Å². The average Bonchev–Trinajstić information content (AvgIpc) is 2.48. The van der Waals surface area contributed by atoms with Crippen LogP contribution < -0.4 is 10.6 Å². The number of anilines is 2. The third kappa shape index (κ3) is 4.13. The Bertz CT molecular complexity index is 482. The minimum atomic E-state index is -0.296. The van der Waals surface area contributed by atoms with Crippen molar-refractivity contribution >= 4 is 17.3 Å². The topological polar surface area (TPSA) is 55.6 Å². The lowest BCUT2D eigenvalue weighted by molar-refractivity contribution is 0.0527. The molecule has 1 aliphatic rings. The molecule has 1 aromatic carbocycles. The van der Waals surface area contributed by atoms with Crippen LogP contribution >= 0.6 is 0 Å². The average molecular weight is 290 g/mol. The van der Waals surface area contributed by atoms with E-state index in [-0.39, 0.29) is 5.97 Å². The third-order valence-electron chi connectivity index (χ3n) is 4.18. The largest absolute Gasteiger partial charge is 0.462 e. The minimum absolute atomic E-state index is 0.296. The summed E-state index contributed by atoms with van der Waals surface area (Å²) in [6, 6.07) is 5.48. The molecule has 1 saturated carbocycles. The van der Waals surface area contributed by atoms with Gasteiger partial charge in [-0.3, -0.25) is 0 Å². The standard InChI is InChI=1S/C17H26N2O2/c1-3-21-17(20)15-11-14(18)9-10-16(15)19(2)12-13-7-5-4-6-8-13/h9-11,13H,3-8,12,18H2,1-2H3. The molecule has 2 rings (SSSR count). The van der Waals surface area contributed by atoms with E-state index in [1.165, 1.54) is 32.1 Å². The zero-order valence-corrected chi connectivity index (χ0v) is 13.1. The Kier molecular flexibility index (Phi) is 5.48. The summed E-state index contributed by atoms with van der Waals surface area (Å²) in [5.41, 5.74) is 7.89. The van der Waals surface area contributed by atoms with Crippen LogP contribution in [-0.2, 0) is 4.74 Å². The number of benzene rings is 1. The third-order valence-corrected chi connectivity index (χ3v) is 4.18. The lowest BCUT2D eigenvalue weighted by Gasteiger charge is -2.29. The van der Waals surface area contributed by atoms with E-state index in [0.717, 1.165) is 18.2 Å². The van der Waals surface area contributed by atoms with Crippen LogP contribution in [0.2, 0.25) is 0 Å². The van der Waals surface area contributed by atoms with E-state index >= 15 is 0 Å². The molecule has 4 nitrogen and oxygen atoms in total. The van der Waals surface area contributed by atoms with Gasteiger partial charge in [-0.25, -0.2) is 4.79 Å². The molecule has 0 spiro atoms. The van der Waals surface area contributed by atoms with Gasteiger partial charge in [0.2, 0.25) is 0 Å². The Balaban J connectivity index is 2.14. The number of hydrogen-bond donors (Lipinski definition) is 1. The molecule has 0 heterocycles. The van der Waals surface area contributed by atoms with Crippen molar-refractivity contribution in [2.45, 2.75) is 39.0 Å². The van der Waals surface area contributed by atoms with Crippen LogP contribution in [0.4, 0.5) is 11.4 Å². The molecule has 1 aromatic rings. The zero-order valence-electron chi connectivity index (χ0n) is 13.1. The van der Waals surface area contributed by atoms with Crippen molar-refractivity contribution in [1.29, 1.82) is 0 Å². The van der Waals surface area contributed by atoms with E-state index < -0.39 is 0 Å². The van der Waals surface area contributed by atoms with Gasteiger partial charge >= 0.3 is 5.97 Å². The van der Waals surface area contributed by atoms with Crippen molar-refractivity contribution in [2.24, 2.45) is 5.92 Å². The Hall–Kier alpha value is -1.71. The summed E-state index contributed by atoms with van der Waals surface area (Å²) in [5.74, 6) is 0.423. The van der Waals surface area contributed by atoms with Gasteiger partial charge in [0, 0.05) is 19.3 Å². The number of esters is 1. The highest BCUT2D eigenvalue weighted by Gasteiger charge is 2.20. The number of carbonyl (C=O) groups is 1. The van der Waals surface area contributed by atoms with E-state index in [4.69, 9.17) is 10.5 Å². The molecule has 0 amide bonds.